The Morgan fingerprint density at radius 2 is 1.76 bits per heavy atom. The number of ether oxygens (including phenoxy) is 2. The van der Waals surface area contributed by atoms with Crippen molar-refractivity contribution in [1.82, 2.24) is 15.3 Å². The maximum Gasteiger partial charge on any atom is 0.274 e. The van der Waals surface area contributed by atoms with Crippen LogP contribution in [0, 0.1) is 0 Å². The molecule has 8 nitrogen and oxygen atoms in total. The number of aromatic nitrogens is 2. The number of fused-ring (bicyclic) bond motifs is 1. The summed E-state index contributed by atoms with van der Waals surface area (Å²) in [6.45, 7) is 1.25. The minimum atomic E-state index is -0.430. The molecule has 1 aliphatic heterocycles. The molecule has 0 saturated carbocycles. The number of benzene rings is 1. The molecule has 1 aromatic carbocycles. The molecule has 29 heavy (non-hydrogen) atoms. The molecule has 8 heteroatoms. The van der Waals surface area contributed by atoms with Crippen LogP contribution in [0.25, 0.3) is 0 Å². The first-order chi connectivity index (χ1) is 14.2. The SMILES string of the molecule is O=C(NCc1ccccn1)c1ccnc(C(=O)Nc2ccc3c(c2)OCCO3)c1. The Bertz CT molecular complexity index is 1040. The van der Waals surface area contributed by atoms with Gasteiger partial charge in [0.25, 0.3) is 11.8 Å². The summed E-state index contributed by atoms with van der Waals surface area (Å²) in [5.74, 6) is 0.469. The average molecular weight is 390 g/mol. The van der Waals surface area contributed by atoms with Crippen LogP contribution < -0.4 is 20.1 Å². The molecular formula is C21H18N4O4. The lowest BCUT2D eigenvalue weighted by molar-refractivity contribution is 0.0950. The fraction of sp³-hybridized carbons (Fsp3) is 0.143. The van der Waals surface area contributed by atoms with E-state index in [1.807, 2.05) is 12.1 Å². The number of rotatable bonds is 5. The molecule has 0 bridgehead atoms. The molecule has 0 aliphatic carbocycles. The van der Waals surface area contributed by atoms with E-state index < -0.39 is 5.91 Å². The molecule has 0 fully saturated rings. The standard InChI is InChI=1S/C21H18N4O4/c26-20(24-13-16-3-1-2-7-22-16)14-6-8-23-17(11-14)21(27)25-15-4-5-18-19(12-15)29-10-9-28-18/h1-8,11-12H,9-10,13H2,(H,24,26)(H,25,27). The largest absolute Gasteiger partial charge is 0.486 e. The van der Waals surface area contributed by atoms with Crippen molar-refractivity contribution >= 4 is 17.5 Å². The molecule has 3 aromatic rings. The van der Waals surface area contributed by atoms with Crippen molar-refractivity contribution in [2.45, 2.75) is 6.54 Å². The lowest BCUT2D eigenvalue weighted by Gasteiger charge is -2.19. The molecule has 0 saturated heterocycles. The van der Waals surface area contributed by atoms with Crippen LogP contribution in [0.2, 0.25) is 0 Å². The van der Waals surface area contributed by atoms with E-state index >= 15 is 0 Å². The lowest BCUT2D eigenvalue weighted by atomic mass is 10.2. The fourth-order valence-corrected chi connectivity index (χ4v) is 2.79. The molecule has 0 spiro atoms. The van der Waals surface area contributed by atoms with Crippen LogP contribution in [-0.2, 0) is 6.54 Å². The summed E-state index contributed by atoms with van der Waals surface area (Å²) in [5, 5.41) is 5.53. The van der Waals surface area contributed by atoms with Crippen molar-refractivity contribution in [1.29, 1.82) is 0 Å². The number of pyridine rings is 2. The van der Waals surface area contributed by atoms with Gasteiger partial charge >= 0.3 is 0 Å². The molecular weight excluding hydrogens is 372 g/mol. The van der Waals surface area contributed by atoms with Crippen LogP contribution >= 0.6 is 0 Å². The van der Waals surface area contributed by atoms with Crippen LogP contribution in [0.1, 0.15) is 26.5 Å². The van der Waals surface area contributed by atoms with E-state index in [1.54, 1.807) is 36.5 Å². The average Bonchev–Trinajstić information content (AvgIpc) is 2.78. The van der Waals surface area contributed by atoms with Crippen LogP contribution in [-0.4, -0.2) is 35.0 Å². The minimum Gasteiger partial charge on any atom is -0.486 e. The zero-order valence-electron chi connectivity index (χ0n) is 15.4. The zero-order chi connectivity index (χ0) is 20.1. The molecule has 1 aliphatic rings. The van der Waals surface area contributed by atoms with Crippen LogP contribution in [0.15, 0.2) is 60.9 Å². The second-order valence-corrected chi connectivity index (χ2v) is 6.25. The highest BCUT2D eigenvalue weighted by Gasteiger charge is 2.15. The Morgan fingerprint density at radius 3 is 2.59 bits per heavy atom. The topological polar surface area (TPSA) is 102 Å². The van der Waals surface area contributed by atoms with Gasteiger partial charge < -0.3 is 20.1 Å². The first kappa shape index (κ1) is 18.4. The van der Waals surface area contributed by atoms with Gasteiger partial charge in [0.2, 0.25) is 0 Å². The maximum atomic E-state index is 12.5. The van der Waals surface area contributed by atoms with Gasteiger partial charge in [0.05, 0.1) is 12.2 Å². The summed E-state index contributed by atoms with van der Waals surface area (Å²) >= 11 is 0. The summed E-state index contributed by atoms with van der Waals surface area (Å²) < 4.78 is 11.0. The highest BCUT2D eigenvalue weighted by molar-refractivity contribution is 6.04. The van der Waals surface area contributed by atoms with Gasteiger partial charge in [0.15, 0.2) is 11.5 Å². The number of amides is 2. The van der Waals surface area contributed by atoms with Crippen molar-refractivity contribution in [3.63, 3.8) is 0 Å². The van der Waals surface area contributed by atoms with Crippen molar-refractivity contribution in [2.24, 2.45) is 0 Å². The fourth-order valence-electron chi connectivity index (χ4n) is 2.79. The predicted molar refractivity (Wildman–Crippen MR) is 105 cm³/mol. The molecule has 4 rings (SSSR count). The highest BCUT2D eigenvalue weighted by Crippen LogP contribution is 2.32. The molecule has 0 radical (unpaired) electrons. The minimum absolute atomic E-state index is 0.130. The van der Waals surface area contributed by atoms with Crippen LogP contribution in [0.5, 0.6) is 11.5 Å². The monoisotopic (exact) mass is 390 g/mol. The first-order valence-corrected chi connectivity index (χ1v) is 9.04. The van der Waals surface area contributed by atoms with Crippen molar-refractivity contribution < 1.29 is 19.1 Å². The Balaban J connectivity index is 1.42. The highest BCUT2D eigenvalue weighted by atomic mass is 16.6. The van der Waals surface area contributed by atoms with E-state index in [-0.39, 0.29) is 11.6 Å². The smallest absolute Gasteiger partial charge is 0.274 e. The summed E-state index contributed by atoms with van der Waals surface area (Å²) in [6.07, 6.45) is 3.09. The van der Waals surface area contributed by atoms with E-state index in [4.69, 9.17) is 9.47 Å². The molecule has 2 amide bonds. The normalized spacial score (nSPS) is 12.1. The van der Waals surface area contributed by atoms with Crippen LogP contribution in [0.3, 0.4) is 0 Å². The van der Waals surface area contributed by atoms with Gasteiger partial charge in [-0.3, -0.25) is 19.6 Å². The summed E-state index contributed by atoms with van der Waals surface area (Å²) in [7, 11) is 0. The summed E-state index contributed by atoms with van der Waals surface area (Å²) in [6, 6.07) is 13.6. The number of carbonyl (C=O) groups is 2. The number of carbonyl (C=O) groups excluding carboxylic acids is 2. The summed E-state index contributed by atoms with van der Waals surface area (Å²) in [4.78, 5) is 33.2. The number of hydrogen-bond donors (Lipinski definition) is 2. The third-order valence-electron chi connectivity index (χ3n) is 4.21. The van der Waals surface area contributed by atoms with Gasteiger partial charge in [-0.15, -0.1) is 0 Å². The lowest BCUT2D eigenvalue weighted by Crippen LogP contribution is -2.24. The molecule has 2 aromatic heterocycles. The predicted octanol–water partition coefficient (Wildman–Crippen LogP) is 2.43. The Morgan fingerprint density at radius 1 is 0.897 bits per heavy atom. The van der Waals surface area contributed by atoms with E-state index in [9.17, 15) is 9.59 Å². The number of hydrogen-bond acceptors (Lipinski definition) is 6. The molecule has 0 unspecified atom stereocenters. The number of nitrogens with zero attached hydrogens (tertiary/aromatic N) is 2. The van der Waals surface area contributed by atoms with Crippen molar-refractivity contribution in [2.75, 3.05) is 18.5 Å². The van der Waals surface area contributed by atoms with Gasteiger partial charge in [-0.1, -0.05) is 6.07 Å². The second-order valence-electron chi connectivity index (χ2n) is 6.25. The third-order valence-corrected chi connectivity index (χ3v) is 4.21. The molecule has 2 N–H and O–H groups in total. The molecule has 0 atom stereocenters. The van der Waals surface area contributed by atoms with E-state index in [1.165, 1.54) is 12.3 Å². The Hall–Kier alpha value is -3.94. The first-order valence-electron chi connectivity index (χ1n) is 9.04. The van der Waals surface area contributed by atoms with Crippen LogP contribution in [0.4, 0.5) is 5.69 Å². The molecule has 3 heterocycles. The summed E-state index contributed by atoms with van der Waals surface area (Å²) in [5.41, 5.74) is 1.76. The third kappa shape index (κ3) is 4.49. The van der Waals surface area contributed by atoms with E-state index in [2.05, 4.69) is 20.6 Å². The maximum absolute atomic E-state index is 12.5. The van der Waals surface area contributed by atoms with Crippen molar-refractivity contribution in [3.05, 3.63) is 77.9 Å². The van der Waals surface area contributed by atoms with Gasteiger partial charge in [-0.05, 0) is 36.4 Å². The molecule has 146 valence electrons. The Kier molecular flexibility index (Phi) is 5.33. The van der Waals surface area contributed by atoms with Gasteiger partial charge in [-0.2, -0.15) is 0 Å². The van der Waals surface area contributed by atoms with Gasteiger partial charge in [0, 0.05) is 29.7 Å². The number of anilines is 1. The zero-order valence-corrected chi connectivity index (χ0v) is 15.4. The second kappa shape index (κ2) is 8.39. The van der Waals surface area contributed by atoms with E-state index in [0.717, 1.165) is 5.69 Å². The Labute approximate surface area is 166 Å². The number of nitrogens with one attached hydrogen (secondary N) is 2. The van der Waals surface area contributed by atoms with Gasteiger partial charge in [-0.25, -0.2) is 0 Å². The van der Waals surface area contributed by atoms with Crippen molar-refractivity contribution in [3.8, 4) is 11.5 Å². The van der Waals surface area contributed by atoms with E-state index in [0.29, 0.717) is 42.5 Å². The quantitative estimate of drug-likeness (QED) is 0.694. The van der Waals surface area contributed by atoms with Gasteiger partial charge in [0.1, 0.15) is 18.9 Å².